The Morgan fingerprint density at radius 1 is 1.43 bits per heavy atom. The molecule has 0 bridgehead atoms. The molecule has 0 aliphatic carbocycles. The van der Waals surface area contributed by atoms with Gasteiger partial charge in [0.25, 0.3) is 0 Å². The zero-order chi connectivity index (χ0) is 14.8. The average Bonchev–Trinajstić information content (AvgIpc) is 2.84. The van der Waals surface area contributed by atoms with E-state index in [0.717, 1.165) is 17.1 Å². The Hall–Kier alpha value is -1.82. The SMILES string of the molecule is C[C@H](c1ccccc1)n1cnc(F)c1C(=O)OC1CSC1. The third-order valence-electron chi connectivity index (χ3n) is 3.52. The molecule has 1 atom stereocenters. The van der Waals surface area contributed by atoms with Crippen LogP contribution in [-0.2, 0) is 4.74 Å². The molecule has 1 fully saturated rings. The van der Waals surface area contributed by atoms with Crippen LogP contribution in [0.15, 0.2) is 36.7 Å². The summed E-state index contributed by atoms with van der Waals surface area (Å²) in [4.78, 5) is 15.8. The number of ether oxygens (including phenoxy) is 1. The molecule has 1 saturated heterocycles. The van der Waals surface area contributed by atoms with Crippen LogP contribution in [-0.4, -0.2) is 33.1 Å². The largest absolute Gasteiger partial charge is 0.456 e. The number of nitrogens with zero attached hydrogens (tertiary/aromatic N) is 2. The van der Waals surface area contributed by atoms with Crippen LogP contribution in [0, 0.1) is 5.95 Å². The van der Waals surface area contributed by atoms with Crippen molar-refractivity contribution < 1.29 is 13.9 Å². The fraction of sp³-hybridized carbons (Fsp3) is 0.333. The number of esters is 1. The minimum Gasteiger partial charge on any atom is -0.456 e. The van der Waals surface area contributed by atoms with Crippen LogP contribution < -0.4 is 0 Å². The van der Waals surface area contributed by atoms with Gasteiger partial charge < -0.3 is 9.30 Å². The van der Waals surface area contributed by atoms with Gasteiger partial charge in [-0.05, 0) is 12.5 Å². The van der Waals surface area contributed by atoms with Gasteiger partial charge in [0.05, 0.1) is 12.4 Å². The first kappa shape index (κ1) is 14.1. The molecule has 0 radical (unpaired) electrons. The van der Waals surface area contributed by atoms with E-state index < -0.39 is 11.9 Å². The second kappa shape index (κ2) is 5.89. The molecule has 4 nitrogen and oxygen atoms in total. The Balaban J connectivity index is 1.87. The Morgan fingerprint density at radius 2 is 2.14 bits per heavy atom. The van der Waals surface area contributed by atoms with Crippen LogP contribution in [0.3, 0.4) is 0 Å². The van der Waals surface area contributed by atoms with Gasteiger partial charge in [0.2, 0.25) is 5.95 Å². The number of thioether (sulfide) groups is 1. The Bertz CT molecular complexity index is 640. The van der Waals surface area contributed by atoms with Gasteiger partial charge in [0.15, 0.2) is 5.69 Å². The van der Waals surface area contributed by atoms with Crippen LogP contribution in [0.5, 0.6) is 0 Å². The number of benzene rings is 1. The molecule has 2 heterocycles. The van der Waals surface area contributed by atoms with Crippen molar-refractivity contribution in [2.75, 3.05) is 11.5 Å². The van der Waals surface area contributed by atoms with Gasteiger partial charge in [-0.3, -0.25) is 0 Å². The van der Waals surface area contributed by atoms with Gasteiger partial charge in [-0.15, -0.1) is 0 Å². The molecule has 0 N–H and O–H groups in total. The molecule has 110 valence electrons. The van der Waals surface area contributed by atoms with E-state index in [4.69, 9.17) is 4.74 Å². The number of hydrogen-bond donors (Lipinski definition) is 0. The normalized spacial score (nSPS) is 16.3. The van der Waals surface area contributed by atoms with Crippen molar-refractivity contribution >= 4 is 17.7 Å². The molecular weight excluding hydrogens is 291 g/mol. The van der Waals surface area contributed by atoms with Crippen molar-refractivity contribution in [2.24, 2.45) is 0 Å². The minimum absolute atomic E-state index is 0.108. The van der Waals surface area contributed by atoms with E-state index in [-0.39, 0.29) is 17.8 Å². The third kappa shape index (κ3) is 2.81. The first-order chi connectivity index (χ1) is 10.2. The zero-order valence-electron chi connectivity index (χ0n) is 11.5. The summed E-state index contributed by atoms with van der Waals surface area (Å²) in [6, 6.07) is 9.39. The molecular formula is C15H15FN2O2S. The van der Waals surface area contributed by atoms with Crippen molar-refractivity contribution in [3.63, 3.8) is 0 Å². The van der Waals surface area contributed by atoms with Crippen LogP contribution in [0.4, 0.5) is 4.39 Å². The lowest BCUT2D eigenvalue weighted by molar-refractivity contribution is 0.0355. The van der Waals surface area contributed by atoms with Crippen LogP contribution in [0.25, 0.3) is 0 Å². The van der Waals surface area contributed by atoms with Crippen molar-refractivity contribution in [1.29, 1.82) is 0 Å². The molecule has 0 amide bonds. The average molecular weight is 306 g/mol. The van der Waals surface area contributed by atoms with Gasteiger partial charge in [-0.1, -0.05) is 30.3 Å². The molecule has 6 heteroatoms. The predicted molar refractivity (Wildman–Crippen MR) is 79.0 cm³/mol. The molecule has 1 aromatic heterocycles. The fourth-order valence-electron chi connectivity index (χ4n) is 2.20. The molecule has 21 heavy (non-hydrogen) atoms. The number of carbonyl (C=O) groups excluding carboxylic acids is 1. The maximum atomic E-state index is 13.9. The third-order valence-corrected chi connectivity index (χ3v) is 4.74. The van der Waals surface area contributed by atoms with E-state index in [1.807, 2.05) is 37.3 Å². The van der Waals surface area contributed by atoms with Crippen LogP contribution >= 0.6 is 11.8 Å². The van der Waals surface area contributed by atoms with Crippen molar-refractivity contribution in [3.05, 3.63) is 53.9 Å². The monoisotopic (exact) mass is 306 g/mol. The standard InChI is InChI=1S/C15H15FN2O2S/c1-10(11-5-3-2-4-6-11)18-9-17-14(16)13(18)15(19)20-12-7-21-8-12/h2-6,9-10,12H,7-8H2,1H3/t10-/m1/s1. The van der Waals surface area contributed by atoms with E-state index in [0.29, 0.717) is 0 Å². The van der Waals surface area contributed by atoms with Crippen LogP contribution in [0.1, 0.15) is 29.0 Å². The number of carbonyl (C=O) groups is 1. The summed E-state index contributed by atoms with van der Waals surface area (Å²) >= 11 is 1.70. The predicted octanol–water partition coefficient (Wildman–Crippen LogP) is 2.90. The molecule has 1 aromatic carbocycles. The molecule has 1 aliphatic rings. The molecule has 0 spiro atoms. The van der Waals surface area contributed by atoms with Gasteiger partial charge in [-0.25, -0.2) is 9.78 Å². The summed E-state index contributed by atoms with van der Waals surface area (Å²) in [5.74, 6) is 0.124. The first-order valence-corrected chi connectivity index (χ1v) is 7.88. The molecule has 2 aromatic rings. The highest BCUT2D eigenvalue weighted by molar-refractivity contribution is 8.00. The van der Waals surface area contributed by atoms with E-state index >= 15 is 0 Å². The lowest BCUT2D eigenvalue weighted by Crippen LogP contribution is -2.32. The lowest BCUT2D eigenvalue weighted by atomic mass is 10.1. The second-order valence-electron chi connectivity index (χ2n) is 4.94. The van der Waals surface area contributed by atoms with E-state index in [9.17, 15) is 9.18 Å². The van der Waals surface area contributed by atoms with E-state index in [1.54, 1.807) is 11.8 Å². The Labute approximate surface area is 126 Å². The minimum atomic E-state index is -0.783. The van der Waals surface area contributed by atoms with Crippen molar-refractivity contribution in [3.8, 4) is 0 Å². The second-order valence-corrected chi connectivity index (χ2v) is 6.02. The first-order valence-electron chi connectivity index (χ1n) is 6.73. The zero-order valence-corrected chi connectivity index (χ0v) is 12.3. The highest BCUT2D eigenvalue weighted by Gasteiger charge is 2.29. The number of imidazole rings is 1. The summed E-state index contributed by atoms with van der Waals surface area (Å²) in [6.07, 6.45) is 1.23. The van der Waals surface area contributed by atoms with Gasteiger partial charge in [-0.2, -0.15) is 16.2 Å². The Kier molecular flexibility index (Phi) is 3.96. The number of rotatable bonds is 4. The highest BCUT2D eigenvalue weighted by Crippen LogP contribution is 2.25. The summed E-state index contributed by atoms with van der Waals surface area (Å²) in [5.41, 5.74) is 0.867. The lowest BCUT2D eigenvalue weighted by Gasteiger charge is -2.25. The number of hydrogen-bond acceptors (Lipinski definition) is 4. The smallest absolute Gasteiger partial charge is 0.360 e. The quantitative estimate of drug-likeness (QED) is 0.815. The van der Waals surface area contributed by atoms with Crippen LogP contribution in [0.2, 0.25) is 0 Å². The number of aromatic nitrogens is 2. The summed E-state index contributed by atoms with van der Waals surface area (Å²) in [5, 5.41) is 0. The maximum Gasteiger partial charge on any atom is 0.360 e. The summed E-state index contributed by atoms with van der Waals surface area (Å²) < 4.78 is 20.7. The van der Waals surface area contributed by atoms with Gasteiger partial charge >= 0.3 is 5.97 Å². The summed E-state index contributed by atoms with van der Waals surface area (Å²) in [6.45, 7) is 1.90. The fourth-order valence-corrected chi connectivity index (χ4v) is 2.77. The van der Waals surface area contributed by atoms with Crippen molar-refractivity contribution in [1.82, 2.24) is 9.55 Å². The molecule has 0 unspecified atom stereocenters. The van der Waals surface area contributed by atoms with Crippen molar-refractivity contribution in [2.45, 2.75) is 19.1 Å². The topological polar surface area (TPSA) is 44.1 Å². The molecule has 3 rings (SSSR count). The molecule has 1 aliphatic heterocycles. The van der Waals surface area contributed by atoms with E-state index in [2.05, 4.69) is 4.98 Å². The Morgan fingerprint density at radius 3 is 2.76 bits per heavy atom. The summed E-state index contributed by atoms with van der Waals surface area (Å²) in [7, 11) is 0. The highest BCUT2D eigenvalue weighted by atomic mass is 32.2. The van der Waals surface area contributed by atoms with Gasteiger partial charge in [0.1, 0.15) is 6.10 Å². The molecule has 0 saturated carbocycles. The maximum absolute atomic E-state index is 13.9. The number of halogens is 1. The van der Waals surface area contributed by atoms with Gasteiger partial charge in [0, 0.05) is 11.5 Å². The van der Waals surface area contributed by atoms with E-state index in [1.165, 1.54) is 10.9 Å².